The van der Waals surface area contributed by atoms with Crippen LogP contribution in [0.15, 0.2) is 0 Å². The lowest BCUT2D eigenvalue weighted by atomic mass is 10.0. The van der Waals surface area contributed by atoms with Crippen molar-refractivity contribution in [2.45, 2.75) is 407 Å². The van der Waals surface area contributed by atoms with Crippen molar-refractivity contribution >= 4 is 39.5 Å². The van der Waals surface area contributed by atoms with Gasteiger partial charge in [0.15, 0.2) is 12.2 Å². The molecule has 19 heteroatoms. The fraction of sp³-hybridized carbons (Fsp3) is 0.947. The molecule has 0 aliphatic carbocycles. The molecule has 0 rings (SSSR count). The van der Waals surface area contributed by atoms with Gasteiger partial charge in [0.1, 0.15) is 19.3 Å². The summed E-state index contributed by atoms with van der Waals surface area (Å²) in [5.74, 6) is -0.624. The van der Waals surface area contributed by atoms with Crippen LogP contribution in [0.1, 0.15) is 388 Å². The van der Waals surface area contributed by atoms with Gasteiger partial charge in [0, 0.05) is 25.7 Å². The predicted octanol–water partition coefficient (Wildman–Crippen LogP) is 21.9. The lowest BCUT2D eigenvalue weighted by Gasteiger charge is -2.21. The highest BCUT2D eigenvalue weighted by Crippen LogP contribution is 2.45. The molecule has 0 aromatic rings. The third-order valence-electron chi connectivity index (χ3n) is 17.5. The van der Waals surface area contributed by atoms with Crippen molar-refractivity contribution < 1.29 is 80.2 Å². The summed E-state index contributed by atoms with van der Waals surface area (Å²) in [6.45, 7) is 9.51. The number of esters is 4. The summed E-state index contributed by atoms with van der Waals surface area (Å²) >= 11 is 0. The van der Waals surface area contributed by atoms with Crippen LogP contribution >= 0.6 is 15.6 Å². The first-order valence-corrected chi connectivity index (χ1v) is 42.0. The third-order valence-corrected chi connectivity index (χ3v) is 19.4. The van der Waals surface area contributed by atoms with E-state index in [0.717, 1.165) is 115 Å². The summed E-state index contributed by atoms with van der Waals surface area (Å²) in [6, 6.07) is 0. The van der Waals surface area contributed by atoms with Crippen LogP contribution in [0, 0.1) is 11.8 Å². The van der Waals surface area contributed by atoms with E-state index in [1.165, 1.54) is 193 Å². The molecule has 0 aliphatic heterocycles. The van der Waals surface area contributed by atoms with E-state index >= 15 is 0 Å². The molecule has 0 bridgehead atoms. The third kappa shape index (κ3) is 68.6. The molecule has 3 N–H and O–H groups in total. The van der Waals surface area contributed by atoms with Gasteiger partial charge in [-0.15, -0.1) is 0 Å². The van der Waals surface area contributed by atoms with Crippen molar-refractivity contribution in [2.75, 3.05) is 39.6 Å². The fourth-order valence-electron chi connectivity index (χ4n) is 11.5. The Morgan fingerprint density at radius 1 is 0.287 bits per heavy atom. The van der Waals surface area contributed by atoms with Gasteiger partial charge >= 0.3 is 39.5 Å². The Kier molecular flexibility index (Phi) is 65.5. The largest absolute Gasteiger partial charge is 0.472 e. The van der Waals surface area contributed by atoms with Crippen molar-refractivity contribution in [1.29, 1.82) is 0 Å². The van der Waals surface area contributed by atoms with Crippen LogP contribution in [0.4, 0.5) is 0 Å². The molecule has 94 heavy (non-hydrogen) atoms. The Morgan fingerprint density at radius 3 is 0.723 bits per heavy atom. The average Bonchev–Trinajstić information content (AvgIpc) is 1.35. The summed E-state index contributed by atoms with van der Waals surface area (Å²) in [5.41, 5.74) is 0. The van der Waals surface area contributed by atoms with Gasteiger partial charge in [-0.1, -0.05) is 337 Å². The monoisotopic (exact) mass is 1380 g/mol. The summed E-state index contributed by atoms with van der Waals surface area (Å²) in [5, 5.41) is 10.6. The van der Waals surface area contributed by atoms with Crippen LogP contribution in [-0.4, -0.2) is 96.7 Å². The quantitative estimate of drug-likeness (QED) is 0.0222. The van der Waals surface area contributed by atoms with E-state index in [1.807, 2.05) is 0 Å². The minimum Gasteiger partial charge on any atom is -0.462 e. The van der Waals surface area contributed by atoms with Gasteiger partial charge in [0.05, 0.1) is 26.4 Å². The molecule has 0 saturated carbocycles. The van der Waals surface area contributed by atoms with Gasteiger partial charge in [0.2, 0.25) is 0 Å². The minimum atomic E-state index is -4.96. The highest BCUT2D eigenvalue weighted by molar-refractivity contribution is 7.47. The standard InChI is InChI=1S/C75H146O17P2/c1-7-9-11-13-15-16-17-18-19-20-21-22-23-24-25-26-31-34-41-47-53-59-74(79)91-71(64-86-73(78)58-52-46-40-33-30-28-27-29-32-38-43-49-55-67(3)4)66-90-94(83,84)88-62-69(76)61-87-93(81,82)89-65-70(63-85-72(77)57-51-45-37-14-12-10-8-2)92-75(80)60-54-48-42-36-35-39-44-50-56-68(5)6/h67-71,76H,7-66H2,1-6H3,(H,81,82)(H,83,84)/t69-,70+,71+/m0/s1. The van der Waals surface area contributed by atoms with E-state index in [4.69, 9.17) is 37.0 Å². The maximum atomic E-state index is 13.1. The molecule has 0 aromatic carbocycles. The summed E-state index contributed by atoms with van der Waals surface area (Å²) in [4.78, 5) is 72.6. The van der Waals surface area contributed by atoms with Crippen LogP contribution in [-0.2, 0) is 65.4 Å². The fourth-order valence-corrected chi connectivity index (χ4v) is 13.1. The van der Waals surface area contributed by atoms with Gasteiger partial charge in [-0.05, 0) is 37.5 Å². The number of ether oxygens (including phenoxy) is 4. The second-order valence-corrected chi connectivity index (χ2v) is 30.9. The molecular formula is C75H146O17P2. The van der Waals surface area contributed by atoms with Crippen molar-refractivity contribution in [3.8, 4) is 0 Å². The van der Waals surface area contributed by atoms with Crippen molar-refractivity contribution in [3.05, 3.63) is 0 Å². The van der Waals surface area contributed by atoms with E-state index < -0.39 is 97.5 Å². The van der Waals surface area contributed by atoms with Crippen molar-refractivity contribution in [2.24, 2.45) is 11.8 Å². The number of phosphoric ester groups is 2. The Morgan fingerprint density at radius 2 is 0.489 bits per heavy atom. The topological polar surface area (TPSA) is 237 Å². The number of phosphoric acid groups is 2. The summed E-state index contributed by atoms with van der Waals surface area (Å²) in [7, 11) is -9.90. The molecule has 0 fully saturated rings. The van der Waals surface area contributed by atoms with E-state index in [0.29, 0.717) is 25.7 Å². The zero-order valence-corrected chi connectivity index (χ0v) is 63.1. The number of aliphatic hydroxyl groups excluding tert-OH is 1. The number of hydrogen-bond donors (Lipinski definition) is 3. The van der Waals surface area contributed by atoms with Crippen molar-refractivity contribution in [1.82, 2.24) is 0 Å². The summed E-state index contributed by atoms with van der Waals surface area (Å²) in [6.07, 6.45) is 54.5. The number of hydrogen-bond acceptors (Lipinski definition) is 15. The van der Waals surface area contributed by atoms with E-state index in [9.17, 15) is 43.2 Å². The maximum absolute atomic E-state index is 13.1. The predicted molar refractivity (Wildman–Crippen MR) is 381 cm³/mol. The molecule has 2 unspecified atom stereocenters. The molecule has 0 spiro atoms. The van der Waals surface area contributed by atoms with Gasteiger partial charge in [-0.25, -0.2) is 9.13 Å². The van der Waals surface area contributed by atoms with Gasteiger partial charge < -0.3 is 33.8 Å². The van der Waals surface area contributed by atoms with Crippen LogP contribution in [0.25, 0.3) is 0 Å². The molecule has 5 atom stereocenters. The van der Waals surface area contributed by atoms with Gasteiger partial charge in [-0.3, -0.25) is 37.3 Å². The molecule has 0 amide bonds. The van der Waals surface area contributed by atoms with Crippen LogP contribution in [0.3, 0.4) is 0 Å². The lowest BCUT2D eigenvalue weighted by molar-refractivity contribution is -0.161. The number of carbonyl (C=O) groups is 4. The van der Waals surface area contributed by atoms with Crippen molar-refractivity contribution in [3.63, 3.8) is 0 Å². The minimum absolute atomic E-state index is 0.104. The Hall–Kier alpha value is -1.94. The summed E-state index contributed by atoms with van der Waals surface area (Å²) < 4.78 is 68.3. The van der Waals surface area contributed by atoms with E-state index in [2.05, 4.69) is 41.5 Å². The molecule has 0 saturated heterocycles. The Balaban J connectivity index is 5.16. The second kappa shape index (κ2) is 66.9. The molecule has 558 valence electrons. The second-order valence-electron chi connectivity index (χ2n) is 28.0. The first kappa shape index (κ1) is 92.1. The van der Waals surface area contributed by atoms with Crippen LogP contribution < -0.4 is 0 Å². The number of unbranched alkanes of at least 4 members (excludes halogenated alkanes) is 44. The van der Waals surface area contributed by atoms with Crippen LogP contribution in [0.5, 0.6) is 0 Å². The highest BCUT2D eigenvalue weighted by atomic mass is 31.2. The maximum Gasteiger partial charge on any atom is 0.472 e. The molecule has 0 heterocycles. The molecule has 17 nitrogen and oxygen atoms in total. The SMILES string of the molecule is CCCCCCCCCCCCCCCCCCCCCCCC(=O)O[C@H](COC(=O)CCCCCCCCCCCCCCC(C)C)COP(=O)(O)OC[C@@H](O)COP(=O)(O)OC[C@@H](COC(=O)CCCCCCCCC)OC(=O)CCCCCCCCCCC(C)C. The van der Waals surface area contributed by atoms with E-state index in [-0.39, 0.29) is 25.7 Å². The molecule has 0 aromatic heterocycles. The molecule has 0 radical (unpaired) electrons. The normalized spacial score (nSPS) is 14.0. The molecular weight excluding hydrogens is 1230 g/mol. The smallest absolute Gasteiger partial charge is 0.462 e. The number of aliphatic hydroxyl groups is 1. The number of rotatable bonds is 74. The Bertz CT molecular complexity index is 1820. The first-order valence-electron chi connectivity index (χ1n) is 39.0. The zero-order chi connectivity index (χ0) is 69.3. The van der Waals surface area contributed by atoms with Gasteiger partial charge in [0.25, 0.3) is 0 Å². The first-order chi connectivity index (χ1) is 45.4. The zero-order valence-electron chi connectivity index (χ0n) is 61.3. The Labute approximate surface area is 575 Å². The lowest BCUT2D eigenvalue weighted by Crippen LogP contribution is -2.30. The highest BCUT2D eigenvalue weighted by Gasteiger charge is 2.30. The van der Waals surface area contributed by atoms with E-state index in [1.54, 1.807) is 0 Å². The average molecular weight is 1380 g/mol. The van der Waals surface area contributed by atoms with Gasteiger partial charge in [-0.2, -0.15) is 0 Å². The van der Waals surface area contributed by atoms with Crippen LogP contribution in [0.2, 0.25) is 0 Å². The molecule has 0 aliphatic rings. The number of carbonyl (C=O) groups excluding carboxylic acids is 4.